The molecule has 2 saturated heterocycles. The van der Waals surface area contributed by atoms with Crippen LogP contribution in [-0.2, 0) is 4.79 Å². The third-order valence-corrected chi connectivity index (χ3v) is 7.22. The second-order valence-corrected chi connectivity index (χ2v) is 9.05. The number of carbonyl (C=O) groups is 1. The van der Waals surface area contributed by atoms with Crippen LogP contribution >= 0.6 is 22.9 Å². The number of piperidine rings is 2. The molecule has 1 amide bonds. The molecule has 0 bridgehead atoms. The lowest BCUT2D eigenvalue weighted by atomic mass is 9.92. The zero-order valence-corrected chi connectivity index (χ0v) is 16.6. The summed E-state index contributed by atoms with van der Waals surface area (Å²) in [6.45, 7) is 3.95. The van der Waals surface area contributed by atoms with Gasteiger partial charge < -0.3 is 10.2 Å². The van der Waals surface area contributed by atoms with E-state index in [-0.39, 0.29) is 0 Å². The predicted octanol–water partition coefficient (Wildman–Crippen LogP) is 4.44. The van der Waals surface area contributed by atoms with Crippen LogP contribution in [0.5, 0.6) is 0 Å². The Morgan fingerprint density at radius 2 is 2.00 bits per heavy atom. The monoisotopic (exact) mass is 391 g/mol. The highest BCUT2D eigenvalue weighted by Crippen LogP contribution is 2.35. The van der Waals surface area contributed by atoms with Gasteiger partial charge in [-0.3, -0.25) is 4.79 Å². The van der Waals surface area contributed by atoms with Crippen LogP contribution in [0.25, 0.3) is 10.2 Å². The summed E-state index contributed by atoms with van der Waals surface area (Å²) in [7, 11) is 0. The van der Waals surface area contributed by atoms with Crippen LogP contribution in [-0.4, -0.2) is 42.0 Å². The normalized spacial score (nSPS) is 20.0. The Kier molecular flexibility index (Phi) is 5.77. The van der Waals surface area contributed by atoms with E-state index < -0.39 is 0 Å². The van der Waals surface area contributed by atoms with Gasteiger partial charge in [-0.15, -0.1) is 11.3 Å². The van der Waals surface area contributed by atoms with E-state index in [9.17, 15) is 4.79 Å². The molecule has 2 fully saturated rings. The Balaban J connectivity index is 1.29. The first-order chi connectivity index (χ1) is 12.7. The molecule has 1 N–H and O–H groups in total. The predicted molar refractivity (Wildman–Crippen MR) is 108 cm³/mol. The molecule has 0 aliphatic carbocycles. The largest absolute Gasteiger partial charge is 0.343 e. The number of likely N-dealkylation sites (tertiary alicyclic amines) is 1. The number of nitrogens with one attached hydrogen (secondary N) is 1. The van der Waals surface area contributed by atoms with Crippen molar-refractivity contribution in [2.75, 3.05) is 26.2 Å². The lowest BCUT2D eigenvalue weighted by Gasteiger charge is -2.32. The molecular weight excluding hydrogens is 366 g/mol. The summed E-state index contributed by atoms with van der Waals surface area (Å²) in [6.07, 6.45) is 6.25. The minimum Gasteiger partial charge on any atom is -0.343 e. The van der Waals surface area contributed by atoms with Crippen LogP contribution in [0.1, 0.15) is 49.5 Å². The summed E-state index contributed by atoms with van der Waals surface area (Å²) < 4.78 is 1.20. The fourth-order valence-electron chi connectivity index (χ4n) is 4.12. The topological polar surface area (TPSA) is 45.2 Å². The van der Waals surface area contributed by atoms with Gasteiger partial charge in [0.2, 0.25) is 5.91 Å². The highest BCUT2D eigenvalue weighted by molar-refractivity contribution is 7.18. The molecule has 1 aromatic heterocycles. The summed E-state index contributed by atoms with van der Waals surface area (Å²) in [5, 5.41) is 5.33. The summed E-state index contributed by atoms with van der Waals surface area (Å²) in [4.78, 5) is 19.4. The number of carbonyl (C=O) groups excluding carboxylic acids is 1. The van der Waals surface area contributed by atoms with E-state index in [0.717, 1.165) is 68.3 Å². The molecule has 1 aromatic carbocycles. The molecular formula is C20H26ClN3OS. The number of benzene rings is 1. The second-order valence-electron chi connectivity index (χ2n) is 7.55. The van der Waals surface area contributed by atoms with Gasteiger partial charge in [0, 0.05) is 30.5 Å². The summed E-state index contributed by atoms with van der Waals surface area (Å²) >= 11 is 7.84. The molecule has 3 heterocycles. The number of hydrogen-bond donors (Lipinski definition) is 1. The molecule has 6 heteroatoms. The molecule has 26 heavy (non-hydrogen) atoms. The van der Waals surface area contributed by atoms with Crippen molar-refractivity contribution < 1.29 is 4.79 Å². The Labute approximate surface area is 163 Å². The van der Waals surface area contributed by atoms with Crippen LogP contribution < -0.4 is 5.32 Å². The number of nitrogens with zero attached hydrogens (tertiary/aromatic N) is 2. The lowest BCUT2D eigenvalue weighted by Crippen LogP contribution is -2.38. The molecule has 4 rings (SSSR count). The Morgan fingerprint density at radius 1 is 1.23 bits per heavy atom. The van der Waals surface area contributed by atoms with Gasteiger partial charge in [0.15, 0.2) is 0 Å². The summed E-state index contributed by atoms with van der Waals surface area (Å²) in [6, 6.07) is 5.92. The molecule has 0 atom stereocenters. The van der Waals surface area contributed by atoms with Crippen molar-refractivity contribution in [2.24, 2.45) is 5.92 Å². The molecule has 0 radical (unpaired) electrons. The number of halogens is 1. The number of hydrogen-bond acceptors (Lipinski definition) is 4. The first-order valence-corrected chi connectivity index (χ1v) is 10.9. The Morgan fingerprint density at radius 3 is 2.77 bits per heavy atom. The number of aromatic nitrogens is 1. The van der Waals surface area contributed by atoms with Crippen molar-refractivity contribution in [3.63, 3.8) is 0 Å². The average Bonchev–Trinajstić information content (AvgIpc) is 3.10. The van der Waals surface area contributed by atoms with Crippen LogP contribution in [0.4, 0.5) is 0 Å². The van der Waals surface area contributed by atoms with Crippen molar-refractivity contribution >= 4 is 39.1 Å². The van der Waals surface area contributed by atoms with Gasteiger partial charge in [-0.25, -0.2) is 4.98 Å². The van der Waals surface area contributed by atoms with Gasteiger partial charge in [0.1, 0.15) is 0 Å². The van der Waals surface area contributed by atoms with E-state index in [1.807, 2.05) is 12.1 Å². The van der Waals surface area contributed by atoms with Crippen LogP contribution in [0.2, 0.25) is 5.02 Å². The molecule has 2 aliphatic heterocycles. The maximum atomic E-state index is 12.5. The van der Waals surface area contributed by atoms with Crippen molar-refractivity contribution in [1.82, 2.24) is 15.2 Å². The standard InChI is InChI=1S/C20H26ClN3OS/c21-16-2-3-18-17(13-16)23-20(26-18)15-7-11-24(12-8-15)19(25)4-1-14-5-9-22-10-6-14/h2-3,13-15,22H,1,4-12H2. The van der Waals surface area contributed by atoms with E-state index >= 15 is 0 Å². The smallest absolute Gasteiger partial charge is 0.222 e. The molecule has 140 valence electrons. The maximum absolute atomic E-state index is 12.5. The second kappa shape index (κ2) is 8.24. The van der Waals surface area contributed by atoms with Gasteiger partial charge in [0.25, 0.3) is 0 Å². The van der Waals surface area contributed by atoms with Gasteiger partial charge >= 0.3 is 0 Å². The van der Waals surface area contributed by atoms with E-state index in [0.29, 0.717) is 11.8 Å². The highest BCUT2D eigenvalue weighted by atomic mass is 35.5. The maximum Gasteiger partial charge on any atom is 0.222 e. The van der Waals surface area contributed by atoms with E-state index in [4.69, 9.17) is 16.6 Å². The zero-order valence-electron chi connectivity index (χ0n) is 15.0. The third-order valence-electron chi connectivity index (χ3n) is 5.79. The van der Waals surface area contributed by atoms with Crippen LogP contribution in [0.3, 0.4) is 0 Å². The fourth-order valence-corrected chi connectivity index (χ4v) is 5.41. The van der Waals surface area contributed by atoms with Crippen LogP contribution in [0.15, 0.2) is 18.2 Å². The first-order valence-electron chi connectivity index (χ1n) is 9.73. The summed E-state index contributed by atoms with van der Waals surface area (Å²) in [5.74, 6) is 1.55. The SMILES string of the molecule is O=C(CCC1CCNCC1)N1CCC(c2nc3cc(Cl)ccc3s2)CC1. The lowest BCUT2D eigenvalue weighted by molar-refractivity contribution is -0.132. The highest BCUT2D eigenvalue weighted by Gasteiger charge is 2.26. The fraction of sp³-hybridized carbons (Fsp3) is 0.600. The Hall–Kier alpha value is -1.17. The molecule has 0 unspecified atom stereocenters. The third kappa shape index (κ3) is 4.21. The van der Waals surface area contributed by atoms with Crippen molar-refractivity contribution in [2.45, 2.75) is 44.4 Å². The molecule has 4 nitrogen and oxygen atoms in total. The minimum atomic E-state index is 0.345. The molecule has 2 aromatic rings. The van der Waals surface area contributed by atoms with E-state index in [1.54, 1.807) is 11.3 Å². The quantitative estimate of drug-likeness (QED) is 0.838. The molecule has 0 saturated carbocycles. The first kappa shape index (κ1) is 18.2. The minimum absolute atomic E-state index is 0.345. The van der Waals surface area contributed by atoms with Gasteiger partial charge in [-0.05, 0) is 69.3 Å². The van der Waals surface area contributed by atoms with Gasteiger partial charge in [0.05, 0.1) is 15.2 Å². The number of amides is 1. The number of thiazole rings is 1. The summed E-state index contributed by atoms with van der Waals surface area (Å²) in [5.41, 5.74) is 0.998. The van der Waals surface area contributed by atoms with Crippen molar-refractivity contribution in [3.05, 3.63) is 28.2 Å². The molecule has 2 aliphatic rings. The van der Waals surface area contributed by atoms with Crippen molar-refractivity contribution in [1.29, 1.82) is 0 Å². The van der Waals surface area contributed by atoms with E-state index in [2.05, 4.69) is 16.3 Å². The number of fused-ring (bicyclic) bond motifs is 1. The Bertz CT molecular complexity index is 764. The van der Waals surface area contributed by atoms with Gasteiger partial charge in [-0.1, -0.05) is 11.6 Å². The van der Waals surface area contributed by atoms with Gasteiger partial charge in [-0.2, -0.15) is 0 Å². The van der Waals surface area contributed by atoms with Crippen molar-refractivity contribution in [3.8, 4) is 0 Å². The molecule has 0 spiro atoms. The van der Waals surface area contributed by atoms with E-state index in [1.165, 1.54) is 22.5 Å². The number of rotatable bonds is 4. The van der Waals surface area contributed by atoms with Crippen LogP contribution in [0, 0.1) is 5.92 Å². The average molecular weight is 392 g/mol. The zero-order chi connectivity index (χ0) is 17.9.